The third-order valence-corrected chi connectivity index (χ3v) is 3.97. The van der Waals surface area contributed by atoms with Crippen LogP contribution in [0.5, 0.6) is 0 Å². The summed E-state index contributed by atoms with van der Waals surface area (Å²) in [5.41, 5.74) is 1.34. The van der Waals surface area contributed by atoms with E-state index in [1.54, 1.807) is 11.8 Å². The molecular formula is C15H25N3O2. The van der Waals surface area contributed by atoms with Crippen LogP contribution in [-0.4, -0.2) is 44.8 Å². The topological polar surface area (TPSA) is 69.2 Å². The first-order valence-electron chi connectivity index (χ1n) is 7.35. The summed E-state index contributed by atoms with van der Waals surface area (Å²) in [6, 6.07) is 1.74. The monoisotopic (exact) mass is 279 g/mol. The van der Waals surface area contributed by atoms with Crippen molar-refractivity contribution in [3.63, 3.8) is 0 Å². The molecule has 2 unspecified atom stereocenters. The summed E-state index contributed by atoms with van der Waals surface area (Å²) >= 11 is 0. The van der Waals surface area contributed by atoms with Crippen LogP contribution < -0.4 is 0 Å². The summed E-state index contributed by atoms with van der Waals surface area (Å²) in [4.78, 5) is 14.4. The van der Waals surface area contributed by atoms with Gasteiger partial charge in [0.25, 0.3) is 5.91 Å². The number of rotatable bonds is 2. The van der Waals surface area contributed by atoms with Gasteiger partial charge in [-0.3, -0.25) is 9.89 Å². The molecule has 1 aliphatic heterocycles. The Balaban J connectivity index is 2.19. The molecule has 1 aromatic heterocycles. The molecule has 1 aromatic rings. The third-order valence-electron chi connectivity index (χ3n) is 3.97. The number of carbonyl (C=O) groups is 1. The van der Waals surface area contributed by atoms with Crippen LogP contribution >= 0.6 is 0 Å². The zero-order valence-electron chi connectivity index (χ0n) is 12.8. The van der Waals surface area contributed by atoms with Crippen molar-refractivity contribution in [2.24, 2.45) is 0 Å². The zero-order chi connectivity index (χ0) is 14.9. The van der Waals surface area contributed by atoms with Gasteiger partial charge in [-0.2, -0.15) is 5.10 Å². The molecule has 20 heavy (non-hydrogen) atoms. The highest BCUT2D eigenvalue weighted by Crippen LogP contribution is 2.24. The highest BCUT2D eigenvalue weighted by molar-refractivity contribution is 5.92. The second-order valence-corrected chi connectivity index (χ2v) is 6.72. The van der Waals surface area contributed by atoms with E-state index >= 15 is 0 Å². The molecule has 2 N–H and O–H groups in total. The zero-order valence-corrected chi connectivity index (χ0v) is 12.8. The van der Waals surface area contributed by atoms with Gasteiger partial charge in [-0.15, -0.1) is 0 Å². The summed E-state index contributed by atoms with van der Waals surface area (Å²) in [5.74, 6) is -0.0812. The Morgan fingerprint density at radius 3 is 2.75 bits per heavy atom. The molecular weight excluding hydrogens is 254 g/mol. The summed E-state index contributed by atoms with van der Waals surface area (Å²) in [6.45, 7) is 8.68. The molecule has 1 saturated heterocycles. The molecule has 5 nitrogen and oxygen atoms in total. The minimum absolute atomic E-state index is 0.0584. The van der Waals surface area contributed by atoms with Crippen LogP contribution in [0.15, 0.2) is 6.07 Å². The van der Waals surface area contributed by atoms with Crippen molar-refractivity contribution in [3.8, 4) is 0 Å². The van der Waals surface area contributed by atoms with Gasteiger partial charge in [-0.05, 0) is 32.3 Å². The Hall–Kier alpha value is -1.36. The first-order valence-corrected chi connectivity index (χ1v) is 7.35. The Morgan fingerprint density at radius 1 is 1.50 bits per heavy atom. The van der Waals surface area contributed by atoms with Crippen molar-refractivity contribution in [2.75, 3.05) is 6.54 Å². The number of piperidine rings is 1. The van der Waals surface area contributed by atoms with Crippen LogP contribution in [0.25, 0.3) is 0 Å². The fraction of sp³-hybridized carbons (Fsp3) is 0.733. The fourth-order valence-corrected chi connectivity index (χ4v) is 2.67. The maximum Gasteiger partial charge on any atom is 0.274 e. The van der Waals surface area contributed by atoms with Crippen LogP contribution in [0.1, 0.15) is 63.1 Å². The number of amides is 1. The first-order chi connectivity index (χ1) is 9.30. The molecule has 2 rings (SSSR count). The van der Waals surface area contributed by atoms with E-state index in [2.05, 4.69) is 31.0 Å². The van der Waals surface area contributed by atoms with E-state index in [0.29, 0.717) is 12.2 Å². The van der Waals surface area contributed by atoms with E-state index in [1.165, 1.54) is 0 Å². The van der Waals surface area contributed by atoms with Crippen molar-refractivity contribution in [3.05, 3.63) is 17.5 Å². The van der Waals surface area contributed by atoms with Crippen molar-refractivity contribution >= 4 is 5.91 Å². The van der Waals surface area contributed by atoms with E-state index in [-0.39, 0.29) is 17.4 Å². The van der Waals surface area contributed by atoms with E-state index in [4.69, 9.17) is 0 Å². The number of aliphatic hydroxyl groups is 1. The molecule has 0 radical (unpaired) electrons. The molecule has 0 spiro atoms. The quantitative estimate of drug-likeness (QED) is 0.871. The summed E-state index contributed by atoms with van der Waals surface area (Å²) in [6.07, 6.45) is 2.42. The van der Waals surface area contributed by atoms with Crippen molar-refractivity contribution in [1.29, 1.82) is 0 Å². The van der Waals surface area contributed by atoms with Crippen LogP contribution in [-0.2, 0) is 5.41 Å². The van der Waals surface area contributed by atoms with Crippen molar-refractivity contribution < 1.29 is 9.90 Å². The summed E-state index contributed by atoms with van der Waals surface area (Å²) in [7, 11) is 0. The van der Waals surface area contributed by atoms with Gasteiger partial charge < -0.3 is 10.0 Å². The maximum absolute atomic E-state index is 12.6. The normalized spacial score (nSPS) is 21.9. The van der Waals surface area contributed by atoms with Crippen LogP contribution in [0.4, 0.5) is 0 Å². The second kappa shape index (κ2) is 5.56. The molecule has 0 bridgehead atoms. The standard InChI is InChI=1S/C15H25N3O2/c1-10(19)12-7-5-6-8-18(12)14(20)11-9-13(17-16-11)15(2,3)4/h9-10,12,19H,5-8H2,1-4H3,(H,16,17). The average Bonchev–Trinajstić information content (AvgIpc) is 2.87. The fourth-order valence-electron chi connectivity index (χ4n) is 2.67. The molecule has 0 aromatic carbocycles. The lowest BCUT2D eigenvalue weighted by molar-refractivity contribution is 0.0276. The predicted molar refractivity (Wildman–Crippen MR) is 77.6 cm³/mol. The molecule has 5 heteroatoms. The molecule has 2 atom stereocenters. The van der Waals surface area contributed by atoms with Crippen LogP contribution in [0.3, 0.4) is 0 Å². The highest BCUT2D eigenvalue weighted by atomic mass is 16.3. The maximum atomic E-state index is 12.6. The molecule has 1 fully saturated rings. The van der Waals surface area contributed by atoms with E-state index in [1.807, 2.05) is 6.07 Å². The highest BCUT2D eigenvalue weighted by Gasteiger charge is 2.32. The number of likely N-dealkylation sites (tertiary alicyclic amines) is 1. The Bertz CT molecular complexity index is 474. The number of hydrogen-bond acceptors (Lipinski definition) is 3. The minimum atomic E-state index is -0.500. The average molecular weight is 279 g/mol. The van der Waals surface area contributed by atoms with Gasteiger partial charge in [0.15, 0.2) is 0 Å². The molecule has 2 heterocycles. The number of nitrogens with one attached hydrogen (secondary N) is 1. The summed E-state index contributed by atoms with van der Waals surface area (Å²) in [5, 5.41) is 17.0. The largest absolute Gasteiger partial charge is 0.391 e. The predicted octanol–water partition coefficient (Wildman–Crippen LogP) is 2.08. The second-order valence-electron chi connectivity index (χ2n) is 6.72. The first kappa shape index (κ1) is 15.0. The third kappa shape index (κ3) is 3.03. The lowest BCUT2D eigenvalue weighted by Gasteiger charge is -2.37. The van der Waals surface area contributed by atoms with Gasteiger partial charge in [0.1, 0.15) is 5.69 Å². The number of aliphatic hydroxyl groups excluding tert-OH is 1. The molecule has 112 valence electrons. The van der Waals surface area contributed by atoms with Gasteiger partial charge in [0, 0.05) is 17.7 Å². The van der Waals surface area contributed by atoms with Gasteiger partial charge in [-0.1, -0.05) is 20.8 Å². The van der Waals surface area contributed by atoms with Crippen molar-refractivity contribution in [2.45, 2.75) is 64.5 Å². The Labute approximate surface area is 120 Å². The van der Waals surface area contributed by atoms with Crippen molar-refractivity contribution in [1.82, 2.24) is 15.1 Å². The van der Waals surface area contributed by atoms with Gasteiger partial charge in [0.05, 0.1) is 12.1 Å². The Kier molecular flexibility index (Phi) is 4.18. The smallest absolute Gasteiger partial charge is 0.274 e. The number of hydrogen-bond donors (Lipinski definition) is 2. The number of H-pyrrole nitrogens is 1. The number of aromatic amines is 1. The number of aromatic nitrogens is 2. The number of carbonyl (C=O) groups excluding carboxylic acids is 1. The summed E-state index contributed by atoms with van der Waals surface area (Å²) < 4.78 is 0. The van der Waals surface area contributed by atoms with Gasteiger partial charge in [-0.25, -0.2) is 0 Å². The van der Waals surface area contributed by atoms with E-state index in [0.717, 1.165) is 25.0 Å². The van der Waals surface area contributed by atoms with E-state index in [9.17, 15) is 9.90 Å². The van der Waals surface area contributed by atoms with E-state index < -0.39 is 6.10 Å². The van der Waals surface area contributed by atoms with Gasteiger partial charge >= 0.3 is 0 Å². The van der Waals surface area contributed by atoms with Crippen LogP contribution in [0.2, 0.25) is 0 Å². The lowest BCUT2D eigenvalue weighted by atomic mass is 9.92. The van der Waals surface area contributed by atoms with Gasteiger partial charge in [0.2, 0.25) is 0 Å². The molecule has 0 saturated carbocycles. The minimum Gasteiger partial charge on any atom is -0.391 e. The molecule has 1 amide bonds. The number of nitrogens with zero attached hydrogens (tertiary/aromatic N) is 2. The molecule has 1 aliphatic rings. The SMILES string of the molecule is CC(O)C1CCCCN1C(=O)c1cc(C(C)(C)C)[nH]n1. The van der Waals surface area contributed by atoms with Crippen LogP contribution in [0, 0.1) is 0 Å². The lowest BCUT2D eigenvalue weighted by Crippen LogP contribution is -2.49. The Morgan fingerprint density at radius 2 is 2.20 bits per heavy atom. The molecule has 0 aliphatic carbocycles.